The highest BCUT2D eigenvalue weighted by Crippen LogP contribution is 2.35. The van der Waals surface area contributed by atoms with E-state index in [1.807, 2.05) is 0 Å². The molecule has 1 aromatic rings. The Morgan fingerprint density at radius 1 is 1.30 bits per heavy atom. The second-order valence-corrected chi connectivity index (χ2v) is 5.95. The van der Waals surface area contributed by atoms with Crippen LogP contribution < -0.4 is 10.2 Å². The normalized spacial score (nSPS) is 17.8. The summed E-state index contributed by atoms with van der Waals surface area (Å²) in [6, 6.07) is 9.61. The van der Waals surface area contributed by atoms with Crippen LogP contribution >= 0.6 is 0 Å². The zero-order valence-corrected chi connectivity index (χ0v) is 13.0. The average Bonchev–Trinajstić information content (AvgIpc) is 3.30. The number of benzene rings is 1. The highest BCUT2D eigenvalue weighted by molar-refractivity contribution is 5.47. The van der Waals surface area contributed by atoms with E-state index >= 15 is 0 Å². The number of nitrogens with one attached hydrogen (secondary N) is 1. The van der Waals surface area contributed by atoms with Crippen LogP contribution in [0.3, 0.4) is 0 Å². The number of aliphatic hydroxyl groups excluding tert-OH is 1. The largest absolute Gasteiger partial charge is 0.396 e. The van der Waals surface area contributed by atoms with Crippen molar-refractivity contribution in [3.8, 4) is 0 Å². The van der Waals surface area contributed by atoms with Crippen molar-refractivity contribution >= 4 is 5.69 Å². The van der Waals surface area contributed by atoms with E-state index in [9.17, 15) is 5.11 Å². The third kappa shape index (κ3) is 3.97. The van der Waals surface area contributed by atoms with Gasteiger partial charge in [-0.1, -0.05) is 12.1 Å². The fourth-order valence-electron chi connectivity index (χ4n) is 2.71. The van der Waals surface area contributed by atoms with Gasteiger partial charge in [-0.15, -0.1) is 0 Å². The van der Waals surface area contributed by atoms with Crippen molar-refractivity contribution in [2.24, 2.45) is 5.92 Å². The molecule has 0 aromatic heterocycles. The third-order valence-electron chi connectivity index (χ3n) is 4.40. The van der Waals surface area contributed by atoms with Crippen molar-refractivity contribution < 1.29 is 5.11 Å². The van der Waals surface area contributed by atoms with Crippen LogP contribution in [0.4, 0.5) is 5.69 Å². The summed E-state index contributed by atoms with van der Waals surface area (Å²) in [5, 5.41) is 12.9. The molecule has 1 aromatic carbocycles. The van der Waals surface area contributed by atoms with Crippen molar-refractivity contribution in [1.82, 2.24) is 5.32 Å². The van der Waals surface area contributed by atoms with E-state index in [1.54, 1.807) is 0 Å². The van der Waals surface area contributed by atoms with Crippen molar-refractivity contribution in [2.75, 3.05) is 25.1 Å². The number of hydrogen-bond acceptors (Lipinski definition) is 3. The molecule has 0 spiro atoms. The number of hydrogen-bond donors (Lipinski definition) is 2. The fraction of sp³-hybridized carbons (Fsp3) is 0.647. The van der Waals surface area contributed by atoms with Gasteiger partial charge in [0.05, 0.1) is 0 Å². The summed E-state index contributed by atoms with van der Waals surface area (Å²) in [6.07, 6.45) is 3.49. The van der Waals surface area contributed by atoms with Crippen LogP contribution in [-0.2, 0) is 0 Å². The van der Waals surface area contributed by atoms with Crippen LogP contribution in [0.15, 0.2) is 24.3 Å². The molecule has 0 bridgehead atoms. The van der Waals surface area contributed by atoms with Crippen molar-refractivity contribution in [3.05, 3.63) is 29.8 Å². The van der Waals surface area contributed by atoms with Gasteiger partial charge < -0.3 is 15.3 Å². The molecule has 2 rings (SSSR count). The summed E-state index contributed by atoms with van der Waals surface area (Å²) < 4.78 is 0. The maximum absolute atomic E-state index is 9.18. The van der Waals surface area contributed by atoms with E-state index in [-0.39, 0.29) is 6.61 Å². The Kier molecular flexibility index (Phi) is 5.44. The van der Waals surface area contributed by atoms with E-state index < -0.39 is 0 Å². The molecule has 3 nitrogen and oxygen atoms in total. The molecule has 2 N–H and O–H groups in total. The molecule has 2 atom stereocenters. The first kappa shape index (κ1) is 15.3. The zero-order valence-electron chi connectivity index (χ0n) is 13.0. The first-order valence-electron chi connectivity index (χ1n) is 7.83. The van der Waals surface area contributed by atoms with Gasteiger partial charge in [0.25, 0.3) is 0 Å². The molecule has 2 unspecified atom stereocenters. The Labute approximate surface area is 123 Å². The van der Waals surface area contributed by atoms with Gasteiger partial charge in [0, 0.05) is 38.0 Å². The molecule has 0 saturated heterocycles. The van der Waals surface area contributed by atoms with Crippen LogP contribution in [-0.4, -0.2) is 31.3 Å². The topological polar surface area (TPSA) is 35.5 Å². The Morgan fingerprint density at radius 2 is 1.95 bits per heavy atom. The molecule has 0 amide bonds. The van der Waals surface area contributed by atoms with E-state index in [2.05, 4.69) is 55.4 Å². The number of rotatable bonds is 8. The van der Waals surface area contributed by atoms with Crippen molar-refractivity contribution in [1.29, 1.82) is 0 Å². The lowest BCUT2D eigenvalue weighted by Gasteiger charge is -2.24. The summed E-state index contributed by atoms with van der Waals surface area (Å²) in [5.41, 5.74) is 2.58. The lowest BCUT2D eigenvalue weighted by Crippen LogP contribution is -2.34. The molecule has 20 heavy (non-hydrogen) atoms. The van der Waals surface area contributed by atoms with E-state index in [4.69, 9.17) is 0 Å². The SMILES string of the molecule is CCN(C)c1ccc(C(C)NC(CCO)C2CC2)cc1. The average molecular weight is 276 g/mol. The molecule has 1 aliphatic carbocycles. The molecule has 1 saturated carbocycles. The summed E-state index contributed by atoms with van der Waals surface area (Å²) >= 11 is 0. The number of nitrogens with zero attached hydrogens (tertiary/aromatic N) is 1. The van der Waals surface area contributed by atoms with Gasteiger partial charge in [-0.25, -0.2) is 0 Å². The smallest absolute Gasteiger partial charge is 0.0445 e. The Balaban J connectivity index is 1.95. The molecule has 112 valence electrons. The predicted molar refractivity (Wildman–Crippen MR) is 85.2 cm³/mol. The van der Waals surface area contributed by atoms with Gasteiger partial charge in [-0.3, -0.25) is 0 Å². The van der Waals surface area contributed by atoms with Gasteiger partial charge in [-0.05, 0) is 56.7 Å². The van der Waals surface area contributed by atoms with Crippen molar-refractivity contribution in [3.63, 3.8) is 0 Å². The molecule has 0 radical (unpaired) electrons. The van der Waals surface area contributed by atoms with Crippen LogP contribution in [0, 0.1) is 5.92 Å². The highest BCUT2D eigenvalue weighted by atomic mass is 16.3. The lowest BCUT2D eigenvalue weighted by molar-refractivity contribution is 0.250. The van der Waals surface area contributed by atoms with E-state index in [1.165, 1.54) is 24.1 Å². The zero-order chi connectivity index (χ0) is 14.5. The monoisotopic (exact) mass is 276 g/mol. The molecular formula is C17H28N2O. The fourth-order valence-corrected chi connectivity index (χ4v) is 2.71. The quantitative estimate of drug-likeness (QED) is 0.766. The third-order valence-corrected chi connectivity index (χ3v) is 4.40. The molecule has 0 heterocycles. The second-order valence-electron chi connectivity index (χ2n) is 5.95. The molecule has 0 aliphatic heterocycles. The van der Waals surface area contributed by atoms with Gasteiger partial charge >= 0.3 is 0 Å². The standard InChI is InChI=1S/C17H28N2O/c1-4-19(3)16-9-7-14(8-10-16)13(2)18-17(11-12-20)15-5-6-15/h7-10,13,15,17-18,20H,4-6,11-12H2,1-3H3. The molecule has 1 fully saturated rings. The Morgan fingerprint density at radius 3 is 2.45 bits per heavy atom. The van der Waals surface area contributed by atoms with Crippen molar-refractivity contribution in [2.45, 2.75) is 45.2 Å². The van der Waals surface area contributed by atoms with Gasteiger partial charge in [-0.2, -0.15) is 0 Å². The molecule has 3 heteroatoms. The lowest BCUT2D eigenvalue weighted by atomic mass is 10.0. The Hall–Kier alpha value is -1.06. The van der Waals surface area contributed by atoms with Crippen LogP contribution in [0.5, 0.6) is 0 Å². The maximum atomic E-state index is 9.18. The minimum absolute atomic E-state index is 0.279. The predicted octanol–water partition coefficient (Wildman–Crippen LogP) is 2.95. The minimum Gasteiger partial charge on any atom is -0.396 e. The van der Waals surface area contributed by atoms with E-state index in [0.717, 1.165) is 18.9 Å². The van der Waals surface area contributed by atoms with Crippen LogP contribution in [0.1, 0.15) is 44.7 Å². The summed E-state index contributed by atoms with van der Waals surface area (Å²) in [7, 11) is 2.11. The van der Waals surface area contributed by atoms with Crippen LogP contribution in [0.25, 0.3) is 0 Å². The summed E-state index contributed by atoms with van der Waals surface area (Å²) in [6.45, 7) is 5.67. The first-order chi connectivity index (χ1) is 9.65. The Bertz CT molecular complexity index is 400. The van der Waals surface area contributed by atoms with E-state index in [0.29, 0.717) is 12.1 Å². The molecular weight excluding hydrogens is 248 g/mol. The highest BCUT2D eigenvalue weighted by Gasteiger charge is 2.31. The molecule has 1 aliphatic rings. The van der Waals surface area contributed by atoms with Gasteiger partial charge in [0.1, 0.15) is 0 Å². The van der Waals surface area contributed by atoms with Gasteiger partial charge in [0.15, 0.2) is 0 Å². The first-order valence-corrected chi connectivity index (χ1v) is 7.83. The van der Waals surface area contributed by atoms with Gasteiger partial charge in [0.2, 0.25) is 0 Å². The second kappa shape index (κ2) is 7.09. The van der Waals surface area contributed by atoms with Crippen LogP contribution in [0.2, 0.25) is 0 Å². The maximum Gasteiger partial charge on any atom is 0.0445 e. The summed E-state index contributed by atoms with van der Waals surface area (Å²) in [5.74, 6) is 0.773. The summed E-state index contributed by atoms with van der Waals surface area (Å²) in [4.78, 5) is 2.24. The number of anilines is 1. The minimum atomic E-state index is 0.279. The number of aliphatic hydroxyl groups is 1.